The molecular weight excluding hydrogens is 266 g/mol. The minimum absolute atomic E-state index is 0.142. The predicted octanol–water partition coefficient (Wildman–Crippen LogP) is 0.107. The molecule has 0 bridgehead atoms. The maximum atomic E-state index is 12.2. The number of piperazine rings is 1. The zero-order chi connectivity index (χ0) is 14.0. The van der Waals surface area contributed by atoms with Crippen molar-refractivity contribution in [3.05, 3.63) is 29.6 Å². The van der Waals surface area contributed by atoms with Crippen LogP contribution in [0.4, 0.5) is 0 Å². The molecule has 0 saturated carbocycles. The van der Waals surface area contributed by atoms with Crippen molar-refractivity contribution in [1.82, 2.24) is 14.2 Å². The van der Waals surface area contributed by atoms with Gasteiger partial charge in [-0.25, -0.2) is 13.4 Å². The molecule has 1 amide bonds. The highest BCUT2D eigenvalue weighted by Gasteiger charge is 2.26. The van der Waals surface area contributed by atoms with E-state index >= 15 is 0 Å². The lowest BCUT2D eigenvalue weighted by Crippen LogP contribution is -2.50. The van der Waals surface area contributed by atoms with Crippen molar-refractivity contribution in [1.29, 1.82) is 0 Å². The van der Waals surface area contributed by atoms with E-state index in [4.69, 9.17) is 0 Å². The number of aromatic nitrogens is 1. The molecule has 1 aliphatic heterocycles. The van der Waals surface area contributed by atoms with E-state index in [2.05, 4.69) is 4.98 Å². The third-order valence-electron chi connectivity index (χ3n) is 3.10. The minimum Gasteiger partial charge on any atom is -0.335 e. The van der Waals surface area contributed by atoms with E-state index in [0.717, 1.165) is 5.69 Å². The second-order valence-corrected chi connectivity index (χ2v) is 6.60. The van der Waals surface area contributed by atoms with Crippen LogP contribution >= 0.6 is 0 Å². The van der Waals surface area contributed by atoms with Gasteiger partial charge in [0.1, 0.15) is 5.69 Å². The van der Waals surface area contributed by atoms with E-state index in [1.54, 1.807) is 17.0 Å². The molecule has 0 aromatic carbocycles. The summed E-state index contributed by atoms with van der Waals surface area (Å²) in [7, 11) is -3.17. The number of hydrogen-bond acceptors (Lipinski definition) is 4. The Kier molecular flexibility index (Phi) is 3.86. The summed E-state index contributed by atoms with van der Waals surface area (Å²) >= 11 is 0. The van der Waals surface area contributed by atoms with Gasteiger partial charge in [0.2, 0.25) is 10.0 Å². The summed E-state index contributed by atoms with van der Waals surface area (Å²) < 4.78 is 24.2. The molecule has 1 aromatic rings. The van der Waals surface area contributed by atoms with Gasteiger partial charge in [-0.15, -0.1) is 0 Å². The highest BCUT2D eigenvalue weighted by Crippen LogP contribution is 2.09. The second kappa shape index (κ2) is 5.26. The van der Waals surface area contributed by atoms with Crippen LogP contribution in [0.3, 0.4) is 0 Å². The first kappa shape index (κ1) is 14.0. The molecule has 2 rings (SSSR count). The van der Waals surface area contributed by atoms with Crippen molar-refractivity contribution in [3.8, 4) is 0 Å². The van der Waals surface area contributed by atoms with Gasteiger partial charge in [0.15, 0.2) is 0 Å². The number of sulfonamides is 1. The van der Waals surface area contributed by atoms with Crippen LogP contribution in [-0.2, 0) is 10.0 Å². The second-order valence-electron chi connectivity index (χ2n) is 4.62. The van der Waals surface area contributed by atoms with E-state index in [1.165, 1.54) is 10.6 Å². The van der Waals surface area contributed by atoms with Crippen LogP contribution in [0.5, 0.6) is 0 Å². The maximum Gasteiger partial charge on any atom is 0.272 e. The van der Waals surface area contributed by atoms with Crippen molar-refractivity contribution in [2.75, 3.05) is 32.4 Å². The average Bonchev–Trinajstić information content (AvgIpc) is 2.37. The number of carbonyl (C=O) groups excluding carboxylic acids is 1. The van der Waals surface area contributed by atoms with Crippen LogP contribution in [0.2, 0.25) is 0 Å². The van der Waals surface area contributed by atoms with E-state index in [9.17, 15) is 13.2 Å². The Morgan fingerprint density at radius 1 is 1.21 bits per heavy atom. The van der Waals surface area contributed by atoms with Gasteiger partial charge in [-0.1, -0.05) is 6.07 Å². The lowest BCUT2D eigenvalue weighted by molar-refractivity contribution is 0.0692. The summed E-state index contributed by atoms with van der Waals surface area (Å²) in [6.45, 7) is 3.33. The smallest absolute Gasteiger partial charge is 0.272 e. The van der Waals surface area contributed by atoms with Crippen LogP contribution in [0.1, 0.15) is 16.2 Å². The number of aryl methyl sites for hydroxylation is 1. The molecular formula is C12H17N3O3S. The molecule has 1 fully saturated rings. The first-order valence-corrected chi connectivity index (χ1v) is 7.91. The molecule has 1 aromatic heterocycles. The van der Waals surface area contributed by atoms with E-state index in [1.807, 2.05) is 13.0 Å². The number of nitrogens with zero attached hydrogens (tertiary/aromatic N) is 3. The zero-order valence-electron chi connectivity index (χ0n) is 11.0. The Labute approximate surface area is 113 Å². The van der Waals surface area contributed by atoms with Crippen LogP contribution in [0.25, 0.3) is 0 Å². The topological polar surface area (TPSA) is 70.6 Å². The minimum atomic E-state index is -3.17. The standard InChI is InChI=1S/C12H17N3O3S/c1-10-4-3-5-11(13-10)12(16)14-6-8-15(9-7-14)19(2,17)18/h3-5H,6-9H2,1-2H3. The summed E-state index contributed by atoms with van der Waals surface area (Å²) in [5, 5.41) is 0. The molecule has 1 aliphatic rings. The van der Waals surface area contributed by atoms with Gasteiger partial charge in [0, 0.05) is 31.9 Å². The summed E-state index contributed by atoms with van der Waals surface area (Å²) in [5.74, 6) is -0.142. The molecule has 104 valence electrons. The molecule has 19 heavy (non-hydrogen) atoms. The molecule has 0 atom stereocenters. The van der Waals surface area contributed by atoms with E-state index in [0.29, 0.717) is 31.9 Å². The summed E-state index contributed by atoms with van der Waals surface area (Å²) in [6.07, 6.45) is 1.19. The number of hydrogen-bond donors (Lipinski definition) is 0. The molecule has 0 unspecified atom stereocenters. The number of carbonyl (C=O) groups is 1. The fraction of sp³-hybridized carbons (Fsp3) is 0.500. The van der Waals surface area contributed by atoms with Crippen LogP contribution in [0, 0.1) is 6.92 Å². The largest absolute Gasteiger partial charge is 0.335 e. The Morgan fingerprint density at radius 2 is 1.84 bits per heavy atom. The van der Waals surface area contributed by atoms with Crippen molar-refractivity contribution >= 4 is 15.9 Å². The summed E-state index contributed by atoms with van der Waals surface area (Å²) in [5.41, 5.74) is 1.20. The van der Waals surface area contributed by atoms with Gasteiger partial charge in [-0.3, -0.25) is 4.79 Å². The first-order chi connectivity index (χ1) is 8.88. The van der Waals surface area contributed by atoms with E-state index in [-0.39, 0.29) is 5.91 Å². The summed E-state index contributed by atoms with van der Waals surface area (Å²) in [4.78, 5) is 18.0. The zero-order valence-corrected chi connectivity index (χ0v) is 11.9. The molecule has 0 aliphatic carbocycles. The van der Waals surface area contributed by atoms with Gasteiger partial charge < -0.3 is 4.90 Å². The molecule has 2 heterocycles. The van der Waals surface area contributed by atoms with Gasteiger partial charge in [-0.05, 0) is 19.1 Å². The van der Waals surface area contributed by atoms with Crippen LogP contribution < -0.4 is 0 Å². The SMILES string of the molecule is Cc1cccc(C(=O)N2CCN(S(C)(=O)=O)CC2)n1. The Morgan fingerprint density at radius 3 is 2.37 bits per heavy atom. The molecule has 0 N–H and O–H groups in total. The normalized spacial score (nSPS) is 17.5. The van der Waals surface area contributed by atoms with Crippen molar-refractivity contribution < 1.29 is 13.2 Å². The molecule has 7 heteroatoms. The van der Waals surface area contributed by atoms with Crippen LogP contribution in [-0.4, -0.2) is 60.9 Å². The van der Waals surface area contributed by atoms with Crippen molar-refractivity contribution in [2.24, 2.45) is 0 Å². The fourth-order valence-electron chi connectivity index (χ4n) is 2.05. The van der Waals surface area contributed by atoms with Gasteiger partial charge >= 0.3 is 0 Å². The fourth-order valence-corrected chi connectivity index (χ4v) is 2.87. The highest BCUT2D eigenvalue weighted by molar-refractivity contribution is 7.88. The molecule has 6 nitrogen and oxygen atoms in total. The predicted molar refractivity (Wildman–Crippen MR) is 71.3 cm³/mol. The lowest BCUT2D eigenvalue weighted by atomic mass is 10.2. The molecule has 0 spiro atoms. The average molecular weight is 283 g/mol. The number of pyridine rings is 1. The Bertz CT molecular complexity index is 578. The molecule has 1 saturated heterocycles. The lowest BCUT2D eigenvalue weighted by Gasteiger charge is -2.33. The van der Waals surface area contributed by atoms with Gasteiger partial charge in [-0.2, -0.15) is 4.31 Å². The van der Waals surface area contributed by atoms with E-state index < -0.39 is 10.0 Å². The first-order valence-electron chi connectivity index (χ1n) is 6.06. The van der Waals surface area contributed by atoms with Gasteiger partial charge in [0.25, 0.3) is 5.91 Å². The Balaban J connectivity index is 2.04. The van der Waals surface area contributed by atoms with Crippen LogP contribution in [0.15, 0.2) is 18.2 Å². The third-order valence-corrected chi connectivity index (χ3v) is 4.41. The van der Waals surface area contributed by atoms with Gasteiger partial charge in [0.05, 0.1) is 6.26 Å². The Hall–Kier alpha value is -1.47. The third kappa shape index (κ3) is 3.30. The van der Waals surface area contributed by atoms with Crippen molar-refractivity contribution in [2.45, 2.75) is 6.92 Å². The quantitative estimate of drug-likeness (QED) is 0.772. The maximum absolute atomic E-state index is 12.2. The summed E-state index contributed by atoms with van der Waals surface area (Å²) in [6, 6.07) is 5.30. The monoisotopic (exact) mass is 283 g/mol. The number of amides is 1. The number of rotatable bonds is 2. The highest BCUT2D eigenvalue weighted by atomic mass is 32.2. The van der Waals surface area contributed by atoms with Crippen molar-refractivity contribution in [3.63, 3.8) is 0 Å². The molecule has 0 radical (unpaired) electrons.